The molecule has 3 nitrogen and oxygen atoms in total. The average molecular weight is 537 g/mol. The van der Waals surface area contributed by atoms with Gasteiger partial charge < -0.3 is 0 Å². The molecular weight excluding hydrogens is 498 g/mol. The van der Waals surface area contributed by atoms with Gasteiger partial charge in [0, 0.05) is 55.3 Å². The number of fused-ring (bicyclic) bond motifs is 6. The molecule has 202 valence electrons. The van der Waals surface area contributed by atoms with Crippen LogP contribution in [-0.2, 0) is 24.4 Å². The van der Waals surface area contributed by atoms with Crippen molar-refractivity contribution in [3.05, 3.63) is 133 Å². The van der Waals surface area contributed by atoms with E-state index in [-0.39, 0.29) is 11.0 Å². The summed E-state index contributed by atoms with van der Waals surface area (Å²) in [5, 5.41) is 2.56. The van der Waals surface area contributed by atoms with Crippen LogP contribution in [0.3, 0.4) is 0 Å². The number of pyridine rings is 4. The number of nitrogens with zero attached hydrogens (tertiary/aromatic N) is 3. The number of aryl methyl sites for hydroxylation is 1. The van der Waals surface area contributed by atoms with Crippen molar-refractivity contribution >= 4 is 16.3 Å². The van der Waals surface area contributed by atoms with Gasteiger partial charge in [-0.05, 0) is 66.3 Å². The fourth-order valence-electron chi connectivity index (χ4n) is 7.72. The number of rotatable bonds is 5. The Hall–Kier alpha value is -4.37. The Kier molecular flexibility index (Phi) is 6.01. The van der Waals surface area contributed by atoms with Crippen molar-refractivity contribution < 1.29 is 13.5 Å². The van der Waals surface area contributed by atoms with Gasteiger partial charge >= 0.3 is 0 Å². The summed E-state index contributed by atoms with van der Waals surface area (Å²) in [6, 6.07) is 36.0. The summed E-state index contributed by atoms with van der Waals surface area (Å²) in [7, 11) is 2.16. The minimum absolute atomic E-state index is 0.0596. The van der Waals surface area contributed by atoms with Crippen molar-refractivity contribution in [3.63, 3.8) is 0 Å². The third-order valence-electron chi connectivity index (χ3n) is 10.1. The van der Waals surface area contributed by atoms with Gasteiger partial charge in [-0.25, -0.2) is 4.57 Å². The summed E-state index contributed by atoms with van der Waals surface area (Å²) in [6.45, 7) is 7.27. The summed E-state index contributed by atoms with van der Waals surface area (Å²) in [5.41, 5.74) is 9.09. The monoisotopic (exact) mass is 536 g/mol. The van der Waals surface area contributed by atoms with Crippen LogP contribution in [0, 0.1) is 0 Å². The molecule has 0 radical (unpaired) electrons. The standard InChI is InChI=1S/C38H38N3/c1-5-37(3)33-16-8-7-15-30(33)36-19-11-14-23-41(36)38(37,6-2)27-29-26-31-28(20-24-40-22-13-10-18-35(31)40)25-32(29)34-17-9-12-21-39(34)4/h7-26H,5-6,27H2,1-4H3/q+3. The molecule has 2 aromatic carbocycles. The lowest BCUT2D eigenvalue weighted by Gasteiger charge is -2.48. The smallest absolute Gasteiger partial charge is 0.201 e. The minimum atomic E-state index is -0.153. The predicted octanol–water partition coefficient (Wildman–Crippen LogP) is 7.05. The number of benzene rings is 2. The molecule has 7 rings (SSSR count). The van der Waals surface area contributed by atoms with Gasteiger partial charge in [0.25, 0.3) is 0 Å². The molecule has 5 heterocycles. The molecule has 0 spiro atoms. The summed E-state index contributed by atoms with van der Waals surface area (Å²) >= 11 is 0. The van der Waals surface area contributed by atoms with E-state index in [4.69, 9.17) is 0 Å². The fourth-order valence-corrected chi connectivity index (χ4v) is 7.72. The first kappa shape index (κ1) is 25.6. The molecule has 0 saturated carbocycles. The molecule has 6 aromatic rings. The van der Waals surface area contributed by atoms with E-state index in [0.717, 1.165) is 19.3 Å². The molecule has 2 unspecified atom stereocenters. The first-order valence-corrected chi connectivity index (χ1v) is 14.9. The van der Waals surface area contributed by atoms with Gasteiger partial charge in [0.1, 0.15) is 7.05 Å². The van der Waals surface area contributed by atoms with Gasteiger partial charge in [0.15, 0.2) is 30.3 Å². The van der Waals surface area contributed by atoms with Crippen molar-refractivity contribution in [3.8, 4) is 22.5 Å². The van der Waals surface area contributed by atoms with E-state index in [0.29, 0.717) is 0 Å². The largest absolute Gasteiger partial charge is 0.218 e. The molecule has 0 amide bonds. The highest BCUT2D eigenvalue weighted by molar-refractivity contribution is 5.96. The van der Waals surface area contributed by atoms with Gasteiger partial charge in [-0.1, -0.05) is 32.0 Å². The van der Waals surface area contributed by atoms with Crippen LogP contribution >= 0.6 is 0 Å². The molecule has 0 fully saturated rings. The quantitative estimate of drug-likeness (QED) is 0.165. The van der Waals surface area contributed by atoms with Crippen LogP contribution in [0.5, 0.6) is 0 Å². The highest BCUT2D eigenvalue weighted by Gasteiger charge is 2.59. The van der Waals surface area contributed by atoms with E-state index in [1.165, 1.54) is 49.9 Å². The zero-order chi connectivity index (χ0) is 28.2. The molecule has 41 heavy (non-hydrogen) atoms. The normalized spacial score (nSPS) is 19.7. The van der Waals surface area contributed by atoms with Gasteiger partial charge in [-0.15, -0.1) is 0 Å². The predicted molar refractivity (Wildman–Crippen MR) is 165 cm³/mol. The van der Waals surface area contributed by atoms with Crippen LogP contribution in [-0.4, -0.2) is 0 Å². The van der Waals surface area contributed by atoms with Crippen molar-refractivity contribution in [2.24, 2.45) is 7.05 Å². The molecule has 2 atom stereocenters. The molecule has 0 saturated heterocycles. The minimum Gasteiger partial charge on any atom is -0.201 e. The van der Waals surface area contributed by atoms with Crippen molar-refractivity contribution in [2.75, 3.05) is 0 Å². The molecule has 1 aliphatic rings. The SMILES string of the molecule is CCC1(C)c2ccccc2-c2cccc[n+]2C1(CC)Cc1cc2c(cc[n+]3ccccc23)cc1-c1cccc[n+]1C. The Labute approximate surface area is 243 Å². The average Bonchev–Trinajstić information content (AvgIpc) is 3.03. The van der Waals surface area contributed by atoms with Gasteiger partial charge in [0.05, 0.1) is 21.9 Å². The summed E-state index contributed by atoms with van der Waals surface area (Å²) in [5.74, 6) is 0. The maximum absolute atomic E-state index is 2.62. The second-order valence-electron chi connectivity index (χ2n) is 11.9. The number of hydrogen-bond donors (Lipinski definition) is 0. The topological polar surface area (TPSA) is 11.9 Å². The molecule has 3 heteroatoms. The zero-order valence-corrected chi connectivity index (χ0v) is 24.5. The van der Waals surface area contributed by atoms with Crippen LogP contribution < -0.4 is 13.5 Å². The van der Waals surface area contributed by atoms with E-state index in [1.54, 1.807) is 0 Å². The molecule has 0 bridgehead atoms. The van der Waals surface area contributed by atoms with E-state index in [1.807, 2.05) is 0 Å². The van der Waals surface area contributed by atoms with Gasteiger partial charge in [-0.3, -0.25) is 0 Å². The lowest BCUT2D eigenvalue weighted by atomic mass is 9.58. The highest BCUT2D eigenvalue weighted by atomic mass is 15.1. The highest BCUT2D eigenvalue weighted by Crippen LogP contribution is 2.51. The second kappa shape index (κ2) is 9.62. The third kappa shape index (κ3) is 3.68. The Bertz CT molecular complexity index is 1940. The van der Waals surface area contributed by atoms with Crippen LogP contribution in [0.15, 0.2) is 122 Å². The summed E-state index contributed by atoms with van der Waals surface area (Å²) in [4.78, 5) is 0. The Morgan fingerprint density at radius 1 is 0.659 bits per heavy atom. The zero-order valence-electron chi connectivity index (χ0n) is 24.5. The van der Waals surface area contributed by atoms with Gasteiger partial charge in [-0.2, -0.15) is 8.97 Å². The fraction of sp³-hybridized carbons (Fsp3) is 0.237. The molecule has 1 aliphatic heterocycles. The molecule has 4 aromatic heterocycles. The summed E-state index contributed by atoms with van der Waals surface area (Å²) in [6.07, 6.45) is 11.8. The van der Waals surface area contributed by atoms with Crippen molar-refractivity contribution in [1.29, 1.82) is 0 Å². The number of aromatic nitrogens is 3. The lowest BCUT2D eigenvalue weighted by molar-refractivity contribution is -0.769. The summed E-state index contributed by atoms with van der Waals surface area (Å²) < 4.78 is 7.12. The lowest BCUT2D eigenvalue weighted by Crippen LogP contribution is -2.70. The van der Waals surface area contributed by atoms with Crippen LogP contribution in [0.2, 0.25) is 0 Å². The van der Waals surface area contributed by atoms with Crippen LogP contribution in [0.25, 0.3) is 38.8 Å². The maximum Gasteiger partial charge on any atom is 0.218 e. The van der Waals surface area contributed by atoms with E-state index < -0.39 is 0 Å². The van der Waals surface area contributed by atoms with E-state index >= 15 is 0 Å². The van der Waals surface area contributed by atoms with Crippen molar-refractivity contribution in [2.45, 2.75) is 51.0 Å². The molecular formula is C38H38N3+3. The van der Waals surface area contributed by atoms with Gasteiger partial charge in [0.2, 0.25) is 16.9 Å². The second-order valence-corrected chi connectivity index (χ2v) is 11.9. The Morgan fingerprint density at radius 3 is 2.20 bits per heavy atom. The van der Waals surface area contributed by atoms with E-state index in [2.05, 4.69) is 163 Å². The first-order valence-electron chi connectivity index (χ1n) is 14.9. The first-order chi connectivity index (χ1) is 20.0. The number of hydrogen-bond acceptors (Lipinski definition) is 0. The Balaban J connectivity index is 1.56. The molecule has 0 aliphatic carbocycles. The van der Waals surface area contributed by atoms with Crippen LogP contribution in [0.1, 0.15) is 44.7 Å². The van der Waals surface area contributed by atoms with E-state index in [9.17, 15) is 0 Å². The van der Waals surface area contributed by atoms with Crippen molar-refractivity contribution in [1.82, 2.24) is 0 Å². The van der Waals surface area contributed by atoms with Crippen LogP contribution in [0.4, 0.5) is 0 Å². The maximum atomic E-state index is 2.62. The Morgan fingerprint density at radius 2 is 1.39 bits per heavy atom. The third-order valence-corrected chi connectivity index (χ3v) is 10.1. The molecule has 0 N–H and O–H groups in total.